The van der Waals surface area contributed by atoms with E-state index in [1.54, 1.807) is 20.3 Å². The molecule has 1 aliphatic heterocycles. The highest BCUT2D eigenvalue weighted by atomic mass is 127. The number of hydrogen-bond donors (Lipinski definition) is 0. The second kappa shape index (κ2) is 12.6. The van der Waals surface area contributed by atoms with Crippen molar-refractivity contribution in [1.82, 2.24) is 4.57 Å². The fraction of sp³-hybridized carbons (Fsp3) is 0.162. The van der Waals surface area contributed by atoms with E-state index in [2.05, 4.69) is 46.9 Å². The normalized spacial score (nSPS) is 15.3. The fourth-order valence-electron chi connectivity index (χ4n) is 6.13. The van der Waals surface area contributed by atoms with Gasteiger partial charge in [-0.2, -0.15) is 5.26 Å². The van der Waals surface area contributed by atoms with Gasteiger partial charge in [-0.05, 0) is 94.1 Å². The molecule has 228 valence electrons. The molecule has 2 aliphatic rings. The maximum atomic E-state index is 14.2. The van der Waals surface area contributed by atoms with Gasteiger partial charge in [0.25, 0.3) is 5.56 Å². The van der Waals surface area contributed by atoms with Crippen molar-refractivity contribution in [2.75, 3.05) is 14.2 Å². The predicted octanol–water partition coefficient (Wildman–Crippen LogP) is 6.39. The van der Waals surface area contributed by atoms with Crippen LogP contribution in [0.4, 0.5) is 0 Å². The summed E-state index contributed by atoms with van der Waals surface area (Å²) >= 11 is 3.61. The highest BCUT2D eigenvalue weighted by molar-refractivity contribution is 14.1. The van der Waals surface area contributed by atoms with E-state index in [4.69, 9.17) is 19.2 Å². The third kappa shape index (κ3) is 5.42. The molecule has 7 nitrogen and oxygen atoms in total. The van der Waals surface area contributed by atoms with Crippen LogP contribution in [0, 0.1) is 14.9 Å². The Morgan fingerprint density at radius 1 is 1.02 bits per heavy atom. The summed E-state index contributed by atoms with van der Waals surface area (Å²) in [5, 5.41) is 9.46. The highest BCUT2D eigenvalue weighted by Gasteiger charge is 2.32. The van der Waals surface area contributed by atoms with Crippen LogP contribution in [0.25, 0.3) is 11.8 Å². The molecule has 46 heavy (non-hydrogen) atoms. The van der Waals surface area contributed by atoms with Gasteiger partial charge in [0.05, 0.1) is 45.7 Å². The first-order chi connectivity index (χ1) is 22.5. The molecule has 4 aromatic carbocycles. The standard InChI is InChI=1S/C37H28IN3O4S/c1-43-27-14-11-24(12-15-27)34-29-16-13-23-7-5-6-10-28(23)33(29)40-37-41(34)36(42)32(46-37)19-22-17-30(38)35(31(18-22)44-2)45-21-26-9-4-3-8-25(26)20-39/h3-12,14-15,17-19,34H,13,16,21H2,1-2H3/b32-19-/t34-/m1/s1. The topological polar surface area (TPSA) is 85.8 Å². The number of nitrogens with zero attached hydrogens (tertiary/aromatic N) is 3. The third-order valence-corrected chi connectivity index (χ3v) is 10.1. The van der Waals surface area contributed by atoms with Crippen LogP contribution in [0.5, 0.6) is 17.2 Å². The van der Waals surface area contributed by atoms with Gasteiger partial charge in [0, 0.05) is 11.1 Å². The number of nitriles is 1. The monoisotopic (exact) mass is 737 g/mol. The molecule has 1 aromatic heterocycles. The molecule has 0 radical (unpaired) electrons. The lowest BCUT2D eigenvalue weighted by Gasteiger charge is -2.30. The number of rotatable bonds is 7. The zero-order chi connectivity index (χ0) is 31.8. The minimum absolute atomic E-state index is 0.0858. The molecule has 1 atom stereocenters. The molecule has 9 heteroatoms. The van der Waals surface area contributed by atoms with Gasteiger partial charge in [-0.3, -0.25) is 9.36 Å². The predicted molar refractivity (Wildman–Crippen MR) is 187 cm³/mol. The summed E-state index contributed by atoms with van der Waals surface area (Å²) in [4.78, 5) is 20.0. The molecule has 7 rings (SSSR count). The van der Waals surface area contributed by atoms with Gasteiger partial charge in [-0.15, -0.1) is 0 Å². The number of ether oxygens (including phenoxy) is 3. The Hall–Kier alpha value is -4.66. The number of fused-ring (bicyclic) bond motifs is 3. The number of benzene rings is 4. The van der Waals surface area contributed by atoms with Gasteiger partial charge < -0.3 is 14.2 Å². The zero-order valence-corrected chi connectivity index (χ0v) is 28.1. The van der Waals surface area contributed by atoms with Crippen molar-refractivity contribution >= 4 is 45.7 Å². The quantitative estimate of drug-likeness (QED) is 0.181. The lowest BCUT2D eigenvalue weighted by Crippen LogP contribution is -2.38. The van der Waals surface area contributed by atoms with Gasteiger partial charge >= 0.3 is 0 Å². The Kier molecular flexibility index (Phi) is 8.23. The van der Waals surface area contributed by atoms with Crippen molar-refractivity contribution in [3.63, 3.8) is 0 Å². The summed E-state index contributed by atoms with van der Waals surface area (Å²) in [7, 11) is 3.25. The smallest absolute Gasteiger partial charge is 0.271 e. The van der Waals surface area contributed by atoms with Crippen LogP contribution < -0.4 is 29.1 Å². The van der Waals surface area contributed by atoms with E-state index in [9.17, 15) is 10.1 Å². The summed E-state index contributed by atoms with van der Waals surface area (Å²) in [5.74, 6) is 1.90. The Labute approximate surface area is 283 Å². The largest absolute Gasteiger partial charge is 0.497 e. The highest BCUT2D eigenvalue weighted by Crippen LogP contribution is 2.41. The number of allylic oxidation sites excluding steroid dienone is 1. The van der Waals surface area contributed by atoms with Crippen LogP contribution in [0.15, 0.2) is 100 Å². The van der Waals surface area contributed by atoms with Gasteiger partial charge in [0.1, 0.15) is 12.4 Å². The van der Waals surface area contributed by atoms with Crippen LogP contribution >= 0.6 is 33.9 Å². The van der Waals surface area contributed by atoms with Crippen LogP contribution in [-0.2, 0) is 13.0 Å². The Bertz CT molecular complexity index is 2250. The molecule has 0 spiro atoms. The van der Waals surface area contributed by atoms with Crippen molar-refractivity contribution in [2.45, 2.75) is 25.5 Å². The number of hydrogen-bond acceptors (Lipinski definition) is 7. The maximum absolute atomic E-state index is 14.2. The average molecular weight is 738 g/mol. The van der Waals surface area contributed by atoms with Gasteiger partial charge in [-0.1, -0.05) is 65.9 Å². The van der Waals surface area contributed by atoms with Crippen LogP contribution in [0.3, 0.4) is 0 Å². The minimum atomic E-state index is -0.269. The summed E-state index contributed by atoms with van der Waals surface area (Å²) in [6.07, 6.45) is 3.62. The van der Waals surface area contributed by atoms with E-state index in [0.29, 0.717) is 26.4 Å². The number of methoxy groups -OCH3 is 2. The zero-order valence-electron chi connectivity index (χ0n) is 25.1. The average Bonchev–Trinajstić information content (AvgIpc) is 3.40. The van der Waals surface area contributed by atoms with Crippen LogP contribution in [0.2, 0.25) is 0 Å². The molecular formula is C37H28IN3O4S. The van der Waals surface area contributed by atoms with Gasteiger partial charge in [0.15, 0.2) is 16.3 Å². The lowest BCUT2D eigenvalue weighted by atomic mass is 9.83. The summed E-state index contributed by atoms with van der Waals surface area (Å²) in [6.45, 7) is 0.229. The number of halogens is 1. The van der Waals surface area contributed by atoms with Crippen molar-refractivity contribution < 1.29 is 14.2 Å². The Balaban J connectivity index is 1.32. The van der Waals surface area contributed by atoms with E-state index in [-0.39, 0.29) is 18.2 Å². The van der Waals surface area contributed by atoms with Crippen molar-refractivity contribution in [1.29, 1.82) is 5.26 Å². The van der Waals surface area contributed by atoms with E-state index >= 15 is 0 Å². The van der Waals surface area contributed by atoms with Crippen molar-refractivity contribution in [3.8, 4) is 23.3 Å². The first kappa shape index (κ1) is 30.0. The van der Waals surface area contributed by atoms with E-state index in [0.717, 1.165) is 55.7 Å². The maximum Gasteiger partial charge on any atom is 0.271 e. The molecule has 1 aliphatic carbocycles. The van der Waals surface area contributed by atoms with E-state index in [1.807, 2.05) is 71.3 Å². The van der Waals surface area contributed by atoms with Crippen molar-refractivity contribution in [2.24, 2.45) is 4.99 Å². The molecule has 5 aromatic rings. The lowest BCUT2D eigenvalue weighted by molar-refractivity contribution is 0.282. The minimum Gasteiger partial charge on any atom is -0.497 e. The molecule has 0 bridgehead atoms. The van der Waals surface area contributed by atoms with Gasteiger partial charge in [0.2, 0.25) is 0 Å². The van der Waals surface area contributed by atoms with Crippen LogP contribution in [0.1, 0.15) is 45.8 Å². The SMILES string of the molecule is COc1ccc([C@@H]2C3=C(N=c4s/c(=C\c5cc(I)c(OCc6ccccc6C#N)c(OC)c5)c(=O)n42)c2ccccc2CC3)cc1. The Morgan fingerprint density at radius 3 is 2.59 bits per heavy atom. The fourth-order valence-corrected chi connectivity index (χ4v) is 7.91. The molecule has 0 fully saturated rings. The number of thiazole rings is 1. The molecular weight excluding hydrogens is 709 g/mol. The molecule has 0 N–H and O–H groups in total. The van der Waals surface area contributed by atoms with E-state index < -0.39 is 0 Å². The second-order valence-electron chi connectivity index (χ2n) is 11.0. The van der Waals surface area contributed by atoms with Gasteiger partial charge in [-0.25, -0.2) is 4.99 Å². The molecule has 0 unspecified atom stereocenters. The summed E-state index contributed by atoms with van der Waals surface area (Å²) in [5.41, 5.74) is 7.63. The van der Waals surface area contributed by atoms with Crippen molar-refractivity contribution in [3.05, 3.63) is 147 Å². The number of aromatic nitrogens is 1. The van der Waals surface area contributed by atoms with Crippen LogP contribution in [-0.4, -0.2) is 18.8 Å². The van der Waals surface area contributed by atoms with E-state index in [1.165, 1.54) is 16.9 Å². The summed E-state index contributed by atoms with van der Waals surface area (Å²) < 4.78 is 20.6. The molecule has 0 saturated heterocycles. The Morgan fingerprint density at radius 2 is 1.80 bits per heavy atom. The summed E-state index contributed by atoms with van der Waals surface area (Å²) in [6, 6.07) is 29.5. The number of aryl methyl sites for hydroxylation is 1. The first-order valence-corrected chi connectivity index (χ1v) is 16.6. The molecule has 0 amide bonds. The second-order valence-corrected chi connectivity index (χ2v) is 13.1. The first-order valence-electron chi connectivity index (χ1n) is 14.7. The third-order valence-electron chi connectivity index (χ3n) is 8.36. The molecule has 2 heterocycles. The molecule has 0 saturated carbocycles.